The molecule has 0 aromatic carbocycles. The Kier molecular flexibility index (Phi) is 2.29. The highest BCUT2D eigenvalue weighted by molar-refractivity contribution is 5.33. The number of fused-ring (bicyclic) bond motifs is 1. The van der Waals surface area contributed by atoms with Crippen LogP contribution in [0.4, 0.5) is 0 Å². The van der Waals surface area contributed by atoms with Gasteiger partial charge in [-0.05, 0) is 6.92 Å². The van der Waals surface area contributed by atoms with Crippen molar-refractivity contribution in [1.82, 2.24) is 9.97 Å². The highest BCUT2D eigenvalue weighted by Crippen LogP contribution is 2.30. The molecule has 0 fully saturated rings. The van der Waals surface area contributed by atoms with Crippen molar-refractivity contribution in [3.05, 3.63) is 12.0 Å². The molecule has 0 saturated carbocycles. The van der Waals surface area contributed by atoms with Gasteiger partial charge in [-0.15, -0.1) is 0 Å². The Morgan fingerprint density at radius 2 is 2.13 bits per heavy atom. The largest absolute Gasteiger partial charge is 0.480 e. The number of hydrogen-bond donors (Lipinski definition) is 0. The molecule has 1 atom stereocenters. The predicted octanol–water partition coefficient (Wildman–Crippen LogP) is 1.93. The second kappa shape index (κ2) is 3.36. The summed E-state index contributed by atoms with van der Waals surface area (Å²) in [6.07, 6.45) is 1.76. The number of ether oxygens (including phenoxy) is 2. The molecule has 0 spiro atoms. The summed E-state index contributed by atoms with van der Waals surface area (Å²) in [7, 11) is 0. The summed E-state index contributed by atoms with van der Waals surface area (Å²) in [6, 6.07) is 0. The van der Waals surface area contributed by atoms with Crippen LogP contribution in [0.15, 0.2) is 6.20 Å². The lowest BCUT2D eigenvalue weighted by Gasteiger charge is -2.24. The molecular formula is C11H16N2O2. The van der Waals surface area contributed by atoms with Gasteiger partial charge in [0.05, 0.1) is 6.20 Å². The fourth-order valence-corrected chi connectivity index (χ4v) is 1.35. The van der Waals surface area contributed by atoms with Gasteiger partial charge in [0.2, 0.25) is 0 Å². The van der Waals surface area contributed by atoms with E-state index in [0.717, 1.165) is 5.82 Å². The van der Waals surface area contributed by atoms with Crippen molar-refractivity contribution in [2.24, 2.45) is 0 Å². The standard InChI is InChI=1S/C11H16N2O2/c1-7-6-14-9-8(15-7)5-12-10(13-9)11(2,3)4/h5,7H,6H2,1-4H3/t7-/m0/s1. The zero-order valence-corrected chi connectivity index (χ0v) is 9.57. The Morgan fingerprint density at radius 1 is 1.40 bits per heavy atom. The fraction of sp³-hybridized carbons (Fsp3) is 0.636. The second-order valence-corrected chi connectivity index (χ2v) is 4.85. The van der Waals surface area contributed by atoms with Crippen molar-refractivity contribution in [2.45, 2.75) is 39.2 Å². The van der Waals surface area contributed by atoms with Crippen molar-refractivity contribution in [3.63, 3.8) is 0 Å². The molecule has 0 aliphatic carbocycles. The molecule has 0 unspecified atom stereocenters. The summed E-state index contributed by atoms with van der Waals surface area (Å²) in [5, 5.41) is 0. The first kappa shape index (κ1) is 10.2. The monoisotopic (exact) mass is 208 g/mol. The summed E-state index contributed by atoms with van der Waals surface area (Å²) < 4.78 is 11.0. The quantitative estimate of drug-likeness (QED) is 0.653. The Hall–Kier alpha value is -1.32. The van der Waals surface area contributed by atoms with E-state index in [4.69, 9.17) is 9.47 Å². The highest BCUT2D eigenvalue weighted by atomic mass is 16.6. The molecule has 1 aromatic rings. The maximum absolute atomic E-state index is 5.55. The van der Waals surface area contributed by atoms with Crippen LogP contribution in [0, 0.1) is 0 Å². The van der Waals surface area contributed by atoms with E-state index in [0.29, 0.717) is 18.2 Å². The smallest absolute Gasteiger partial charge is 0.260 e. The van der Waals surface area contributed by atoms with Gasteiger partial charge in [-0.2, -0.15) is 4.98 Å². The van der Waals surface area contributed by atoms with Crippen LogP contribution in [-0.2, 0) is 5.41 Å². The van der Waals surface area contributed by atoms with Crippen LogP contribution in [0.3, 0.4) is 0 Å². The van der Waals surface area contributed by atoms with Crippen LogP contribution in [0.1, 0.15) is 33.5 Å². The molecule has 1 aliphatic rings. The van der Waals surface area contributed by atoms with E-state index in [2.05, 4.69) is 30.7 Å². The van der Waals surface area contributed by atoms with Gasteiger partial charge in [-0.1, -0.05) is 20.8 Å². The van der Waals surface area contributed by atoms with Crippen LogP contribution in [0.25, 0.3) is 0 Å². The number of rotatable bonds is 0. The van der Waals surface area contributed by atoms with E-state index in [9.17, 15) is 0 Å². The van der Waals surface area contributed by atoms with Crippen molar-refractivity contribution >= 4 is 0 Å². The minimum absolute atomic E-state index is 0.0680. The van der Waals surface area contributed by atoms with Gasteiger partial charge in [0, 0.05) is 5.41 Å². The van der Waals surface area contributed by atoms with Crippen LogP contribution >= 0.6 is 0 Å². The van der Waals surface area contributed by atoms with E-state index in [1.165, 1.54) is 0 Å². The highest BCUT2D eigenvalue weighted by Gasteiger charge is 2.23. The van der Waals surface area contributed by atoms with Crippen LogP contribution < -0.4 is 9.47 Å². The van der Waals surface area contributed by atoms with E-state index < -0.39 is 0 Å². The Bertz CT molecular complexity index is 371. The van der Waals surface area contributed by atoms with E-state index in [1.807, 2.05) is 6.92 Å². The molecule has 0 radical (unpaired) electrons. The van der Waals surface area contributed by atoms with Crippen molar-refractivity contribution in [1.29, 1.82) is 0 Å². The molecule has 4 nitrogen and oxygen atoms in total. The van der Waals surface area contributed by atoms with E-state index >= 15 is 0 Å². The Morgan fingerprint density at radius 3 is 2.80 bits per heavy atom. The summed E-state index contributed by atoms with van der Waals surface area (Å²) in [5.41, 5.74) is -0.0680. The van der Waals surface area contributed by atoms with E-state index in [1.54, 1.807) is 6.20 Å². The van der Waals surface area contributed by atoms with Crippen molar-refractivity contribution < 1.29 is 9.47 Å². The van der Waals surface area contributed by atoms with Gasteiger partial charge in [-0.25, -0.2) is 4.98 Å². The third-order valence-electron chi connectivity index (χ3n) is 2.18. The third kappa shape index (κ3) is 2.03. The first-order chi connectivity index (χ1) is 6.97. The normalized spacial score (nSPS) is 20.1. The summed E-state index contributed by atoms with van der Waals surface area (Å²) in [5.74, 6) is 1.98. The Balaban J connectivity index is 2.35. The molecule has 1 aromatic heterocycles. The average molecular weight is 208 g/mol. The molecular weight excluding hydrogens is 192 g/mol. The summed E-state index contributed by atoms with van der Waals surface area (Å²) in [6.45, 7) is 8.72. The van der Waals surface area contributed by atoms with Gasteiger partial charge >= 0.3 is 0 Å². The minimum atomic E-state index is -0.0680. The van der Waals surface area contributed by atoms with Crippen molar-refractivity contribution in [2.75, 3.05) is 6.61 Å². The van der Waals surface area contributed by atoms with E-state index in [-0.39, 0.29) is 11.5 Å². The lowest BCUT2D eigenvalue weighted by Crippen LogP contribution is -2.27. The van der Waals surface area contributed by atoms with Gasteiger partial charge in [-0.3, -0.25) is 0 Å². The number of nitrogens with zero attached hydrogens (tertiary/aromatic N) is 2. The molecule has 0 amide bonds. The maximum Gasteiger partial charge on any atom is 0.260 e. The SMILES string of the molecule is C[C@H]1COc2nc(C(C)(C)C)ncc2O1. The van der Waals surface area contributed by atoms with Crippen LogP contribution in [0.2, 0.25) is 0 Å². The molecule has 0 saturated heterocycles. The molecule has 0 N–H and O–H groups in total. The van der Waals surface area contributed by atoms with Gasteiger partial charge in [0.1, 0.15) is 18.5 Å². The van der Waals surface area contributed by atoms with Gasteiger partial charge in [0.25, 0.3) is 5.88 Å². The number of aromatic nitrogens is 2. The molecule has 1 aliphatic heterocycles. The first-order valence-corrected chi connectivity index (χ1v) is 5.14. The second-order valence-electron chi connectivity index (χ2n) is 4.85. The lowest BCUT2D eigenvalue weighted by molar-refractivity contribution is 0.0971. The van der Waals surface area contributed by atoms with Crippen LogP contribution in [0.5, 0.6) is 11.6 Å². The molecule has 15 heavy (non-hydrogen) atoms. The summed E-state index contributed by atoms with van der Waals surface area (Å²) >= 11 is 0. The minimum Gasteiger partial charge on any atom is -0.480 e. The van der Waals surface area contributed by atoms with Gasteiger partial charge < -0.3 is 9.47 Å². The summed E-state index contributed by atoms with van der Waals surface area (Å²) in [4.78, 5) is 8.64. The third-order valence-corrected chi connectivity index (χ3v) is 2.18. The topological polar surface area (TPSA) is 44.2 Å². The Labute approximate surface area is 89.6 Å². The van der Waals surface area contributed by atoms with Crippen LogP contribution in [-0.4, -0.2) is 22.7 Å². The zero-order valence-electron chi connectivity index (χ0n) is 9.57. The zero-order chi connectivity index (χ0) is 11.1. The first-order valence-electron chi connectivity index (χ1n) is 5.14. The maximum atomic E-state index is 5.55. The average Bonchev–Trinajstić information content (AvgIpc) is 2.15. The molecule has 2 rings (SSSR count). The molecule has 0 bridgehead atoms. The molecule has 82 valence electrons. The molecule has 2 heterocycles. The lowest BCUT2D eigenvalue weighted by atomic mass is 9.96. The van der Waals surface area contributed by atoms with Crippen molar-refractivity contribution in [3.8, 4) is 11.6 Å². The fourth-order valence-electron chi connectivity index (χ4n) is 1.35. The van der Waals surface area contributed by atoms with Gasteiger partial charge in [0.15, 0.2) is 5.75 Å². The number of hydrogen-bond acceptors (Lipinski definition) is 4. The molecule has 4 heteroatoms. The predicted molar refractivity (Wildman–Crippen MR) is 56.3 cm³/mol.